The molecule has 0 aliphatic carbocycles. The first-order valence-electron chi connectivity index (χ1n) is 5.98. The molecule has 3 heterocycles. The summed E-state index contributed by atoms with van der Waals surface area (Å²) < 4.78 is 15.0. The Bertz CT molecular complexity index is 827. The zero-order valence-electron chi connectivity index (χ0n) is 11.3. The molecule has 0 atom stereocenters. The third-order valence-corrected chi connectivity index (χ3v) is 3.06. The molecule has 0 unspecified atom stereocenters. The van der Waals surface area contributed by atoms with Gasteiger partial charge in [0.1, 0.15) is 24.3 Å². The molecule has 3 aromatic heterocycles. The summed E-state index contributed by atoms with van der Waals surface area (Å²) in [6.45, 7) is 0.0772. The van der Waals surface area contributed by atoms with Gasteiger partial charge in [-0.05, 0) is 10.4 Å². The fourth-order valence-corrected chi connectivity index (χ4v) is 1.92. The second-order valence-corrected chi connectivity index (χ2v) is 4.50. The van der Waals surface area contributed by atoms with E-state index < -0.39 is 5.69 Å². The van der Waals surface area contributed by atoms with Crippen LogP contribution in [0, 0.1) is 0 Å². The van der Waals surface area contributed by atoms with Gasteiger partial charge in [-0.3, -0.25) is 0 Å². The van der Waals surface area contributed by atoms with E-state index >= 15 is 0 Å². The molecule has 20 heavy (non-hydrogen) atoms. The molecule has 102 valence electrons. The number of hydrogen-bond donors (Lipinski definition) is 0. The molecule has 0 N–H and O–H groups in total. The summed E-state index contributed by atoms with van der Waals surface area (Å²) in [7, 11) is 1.50. The minimum absolute atomic E-state index is 0.0772. The lowest BCUT2D eigenvalue weighted by atomic mass is 10.3. The summed E-state index contributed by atoms with van der Waals surface area (Å²) in [6.07, 6.45) is 2.95. The first-order valence-corrected chi connectivity index (χ1v) is 6.36. The lowest BCUT2D eigenvalue weighted by Crippen LogP contribution is -2.23. The van der Waals surface area contributed by atoms with Crippen molar-refractivity contribution in [3.63, 3.8) is 0 Å². The molecule has 3 rings (SSSR count). The van der Waals surface area contributed by atoms with Crippen LogP contribution in [0.25, 0.3) is 5.69 Å². The molecule has 0 saturated carbocycles. The minimum Gasteiger partial charge on any atom is -0.463 e. The predicted molar refractivity (Wildman–Crippen MR) is 68.6 cm³/mol. The van der Waals surface area contributed by atoms with Crippen molar-refractivity contribution in [2.75, 3.05) is 0 Å². The number of tetrazole rings is 1. The van der Waals surface area contributed by atoms with E-state index in [1.54, 1.807) is 5.38 Å². The van der Waals surface area contributed by atoms with Crippen molar-refractivity contribution in [2.45, 2.75) is 6.61 Å². The van der Waals surface area contributed by atoms with Crippen LogP contribution < -0.4 is 10.4 Å². The van der Waals surface area contributed by atoms with Gasteiger partial charge in [0.25, 0.3) is 5.19 Å². The highest BCUT2D eigenvalue weighted by Crippen LogP contribution is 2.16. The largest absolute Gasteiger partial charge is 0.463 e. The van der Waals surface area contributed by atoms with Gasteiger partial charge in [-0.1, -0.05) is 11.3 Å². The Morgan fingerprint density at radius 3 is 3.05 bits per heavy atom. The number of thiazole rings is 1. The molecule has 0 bridgehead atoms. The molecular formula is C10H9N7O2S. The normalized spacial score (nSPS) is 11.3. The van der Waals surface area contributed by atoms with Crippen LogP contribution in [0.5, 0.6) is 5.19 Å². The lowest BCUT2D eigenvalue weighted by molar-refractivity contribution is 0.298. The van der Waals surface area contributed by atoms with Gasteiger partial charge in [0.2, 0.25) is 0 Å². The van der Waals surface area contributed by atoms with Gasteiger partial charge in [-0.2, -0.15) is 9.36 Å². The first kappa shape index (κ1) is 11.2. The molecule has 0 aliphatic heterocycles. The maximum Gasteiger partial charge on any atom is 0.368 e. The molecule has 0 radical (unpaired) electrons. The van der Waals surface area contributed by atoms with E-state index in [2.05, 4.69) is 25.4 Å². The second-order valence-electron chi connectivity index (χ2n) is 3.68. The van der Waals surface area contributed by atoms with Crippen LogP contribution in [0.1, 0.15) is 7.06 Å². The van der Waals surface area contributed by atoms with Gasteiger partial charge in [0.05, 0.1) is 7.57 Å². The number of ether oxygens (including phenoxy) is 1. The Morgan fingerprint density at radius 1 is 1.45 bits per heavy atom. The highest BCUT2D eigenvalue weighted by molar-refractivity contribution is 7.11. The first-order chi connectivity index (χ1) is 10.1. The fourth-order valence-electron chi connectivity index (χ4n) is 1.48. The zero-order chi connectivity index (χ0) is 14.8. The van der Waals surface area contributed by atoms with E-state index in [1.807, 2.05) is 0 Å². The third kappa shape index (κ3) is 2.28. The molecule has 0 amide bonds. The summed E-state index contributed by atoms with van der Waals surface area (Å²) in [5.74, 6) is 0. The van der Waals surface area contributed by atoms with Gasteiger partial charge in [-0.25, -0.2) is 19.7 Å². The highest BCUT2D eigenvalue weighted by atomic mass is 32.1. The van der Waals surface area contributed by atoms with Gasteiger partial charge in [-0.15, -0.1) is 0 Å². The molecule has 0 spiro atoms. The molecule has 0 saturated heterocycles. The summed E-state index contributed by atoms with van der Waals surface area (Å²) in [6, 6.07) is 0. The number of aryl methyl sites for hydroxylation is 1. The van der Waals surface area contributed by atoms with E-state index in [9.17, 15) is 4.79 Å². The maximum absolute atomic E-state index is 11.9. The van der Waals surface area contributed by atoms with Crippen molar-refractivity contribution >= 4 is 11.3 Å². The standard InChI is InChI=1S/C10H9N7O2S/c1-16-10(18)17(15-14-16)8-4-11-6-13-7(8)5-19-9-12-2-3-20-9/h2-4,6H,5H2,1H3/i2T. The fraction of sp³-hybridized carbons (Fsp3) is 0.200. The van der Waals surface area contributed by atoms with Crippen molar-refractivity contribution in [3.8, 4) is 10.9 Å². The van der Waals surface area contributed by atoms with E-state index in [-0.39, 0.29) is 12.8 Å². The third-order valence-electron chi connectivity index (χ3n) is 2.42. The number of hydrogen-bond acceptors (Lipinski definition) is 8. The SMILES string of the molecule is [3H]c1csc(OCc2ncncc2-n2nnn(C)c2=O)n1. The molecule has 9 nitrogen and oxygen atoms in total. The van der Waals surface area contributed by atoms with Crippen LogP contribution in [0.2, 0.25) is 0 Å². The van der Waals surface area contributed by atoms with E-state index in [0.717, 1.165) is 9.36 Å². The van der Waals surface area contributed by atoms with Crippen LogP contribution in [-0.2, 0) is 13.7 Å². The van der Waals surface area contributed by atoms with E-state index in [4.69, 9.17) is 6.11 Å². The average molecular weight is 293 g/mol. The highest BCUT2D eigenvalue weighted by Gasteiger charge is 2.13. The van der Waals surface area contributed by atoms with Crippen LogP contribution in [0.3, 0.4) is 0 Å². The average Bonchev–Trinajstić information content (AvgIpc) is 3.04. The van der Waals surface area contributed by atoms with Crippen molar-refractivity contribution in [3.05, 3.63) is 40.3 Å². The second kappa shape index (κ2) is 5.17. The number of nitrogens with zero attached hydrogens (tertiary/aromatic N) is 7. The van der Waals surface area contributed by atoms with Crippen molar-refractivity contribution in [2.24, 2.45) is 7.05 Å². The van der Waals surface area contributed by atoms with Gasteiger partial charge < -0.3 is 4.74 Å². The van der Waals surface area contributed by atoms with E-state index in [1.165, 1.54) is 30.9 Å². The molecule has 0 aliphatic rings. The molecular weight excluding hydrogens is 282 g/mol. The summed E-state index contributed by atoms with van der Waals surface area (Å²) in [4.78, 5) is 23.7. The van der Waals surface area contributed by atoms with Crippen LogP contribution in [0.4, 0.5) is 0 Å². The van der Waals surface area contributed by atoms with Gasteiger partial charge >= 0.3 is 5.69 Å². The van der Waals surface area contributed by atoms with Crippen molar-refractivity contribution in [1.82, 2.24) is 34.7 Å². The van der Waals surface area contributed by atoms with Gasteiger partial charge in [0, 0.05) is 18.6 Å². The number of aromatic nitrogens is 7. The minimum atomic E-state index is -0.409. The Morgan fingerprint density at radius 2 is 2.35 bits per heavy atom. The summed E-state index contributed by atoms with van der Waals surface area (Å²) in [5, 5.41) is 9.30. The van der Waals surface area contributed by atoms with Gasteiger partial charge in [0.15, 0.2) is 0 Å². The molecule has 3 aromatic rings. The smallest absolute Gasteiger partial charge is 0.368 e. The summed E-state index contributed by atoms with van der Waals surface area (Å²) in [5.41, 5.74) is 0.446. The molecule has 10 heteroatoms. The Hall–Kier alpha value is -2.62. The van der Waals surface area contributed by atoms with Crippen LogP contribution in [-0.4, -0.2) is 34.7 Å². The van der Waals surface area contributed by atoms with Crippen LogP contribution >= 0.6 is 11.3 Å². The monoisotopic (exact) mass is 293 g/mol. The topological polar surface area (TPSA) is 101 Å². The molecule has 0 fully saturated rings. The Balaban J connectivity index is 1.89. The predicted octanol–water partition coefficient (Wildman–Crippen LogP) is -0.209. The van der Waals surface area contributed by atoms with Crippen molar-refractivity contribution < 1.29 is 6.11 Å². The quantitative estimate of drug-likeness (QED) is 0.656. The maximum atomic E-state index is 11.9. The van der Waals surface area contributed by atoms with Crippen LogP contribution in [0.15, 0.2) is 28.9 Å². The molecule has 0 aromatic carbocycles. The van der Waals surface area contributed by atoms with Crippen molar-refractivity contribution in [1.29, 1.82) is 0 Å². The Kier molecular flexibility index (Phi) is 2.90. The van der Waals surface area contributed by atoms with E-state index in [0.29, 0.717) is 16.6 Å². The zero-order valence-corrected chi connectivity index (χ0v) is 11.1. The Labute approximate surface area is 117 Å². The summed E-state index contributed by atoms with van der Waals surface area (Å²) >= 11 is 1.21. The lowest BCUT2D eigenvalue weighted by Gasteiger charge is -2.06. The number of rotatable bonds is 4.